The van der Waals surface area contributed by atoms with Crippen LogP contribution in [-0.2, 0) is 61.6 Å². The average Bonchev–Trinajstić information content (AvgIpc) is 2.81. The summed E-state index contributed by atoms with van der Waals surface area (Å²) < 4.78 is 73.2. The van der Waals surface area contributed by atoms with Crippen LogP contribution in [0.3, 0.4) is 0 Å². The van der Waals surface area contributed by atoms with E-state index in [-0.39, 0.29) is 6.42 Å². The van der Waals surface area contributed by atoms with Crippen molar-refractivity contribution in [3.05, 3.63) is 0 Å². The summed E-state index contributed by atoms with van der Waals surface area (Å²) in [5.74, 6) is -0.822. The second kappa shape index (κ2) is 32.6. The number of carboxylic acid groups (broad SMARTS) is 1. The Morgan fingerprint density at radius 3 is 1.18 bits per heavy atom. The predicted molar refractivity (Wildman–Crippen MR) is 274 cm³/mol. The number of hydrogen-bond acceptors (Lipinski definition) is 28. The van der Waals surface area contributed by atoms with Crippen LogP contribution >= 0.6 is 0 Å². The number of rotatable bonds is 29. The molecule has 0 bridgehead atoms. The van der Waals surface area contributed by atoms with Gasteiger partial charge in [-0.15, -0.1) is 0 Å². The van der Waals surface area contributed by atoms with Gasteiger partial charge in [-0.1, -0.05) is 71.1 Å². The van der Waals surface area contributed by atoms with Gasteiger partial charge < -0.3 is 139 Å². The monoisotopic (exact) mass is 1190 g/mol. The van der Waals surface area contributed by atoms with Crippen LogP contribution in [-0.4, -0.2) is 291 Å². The molecule has 31 unspecified atom stereocenters. The van der Waals surface area contributed by atoms with Gasteiger partial charge in [-0.05, 0) is 47.0 Å². The van der Waals surface area contributed by atoms with Gasteiger partial charge in [0, 0.05) is 6.42 Å². The molecule has 6 aliphatic heterocycles. The van der Waals surface area contributed by atoms with Gasteiger partial charge in [-0.2, -0.15) is 0 Å². The van der Waals surface area contributed by atoms with E-state index in [1.807, 2.05) is 0 Å². The fourth-order valence-electron chi connectivity index (χ4n) is 11.1. The van der Waals surface area contributed by atoms with Gasteiger partial charge in [-0.3, -0.25) is 4.79 Å². The molecule has 0 aliphatic carbocycles. The minimum Gasteiger partial charge on any atom is -0.481 e. The summed E-state index contributed by atoms with van der Waals surface area (Å²) in [4.78, 5) is 10.9. The van der Waals surface area contributed by atoms with E-state index in [0.717, 1.165) is 64.2 Å². The number of aliphatic carboxylic acids is 1. The van der Waals surface area contributed by atoms with Crippen molar-refractivity contribution in [3.8, 4) is 0 Å². The molecule has 0 aromatic carbocycles. The van der Waals surface area contributed by atoms with Crippen LogP contribution in [0.4, 0.5) is 0 Å². The van der Waals surface area contributed by atoms with Gasteiger partial charge >= 0.3 is 5.97 Å². The summed E-state index contributed by atoms with van der Waals surface area (Å²) in [5, 5.41) is 175. The molecule has 6 saturated heterocycles. The first kappa shape index (κ1) is 69.5. The van der Waals surface area contributed by atoms with E-state index in [0.29, 0.717) is 19.3 Å². The molecule has 480 valence electrons. The highest BCUT2D eigenvalue weighted by Gasteiger charge is 2.58. The zero-order valence-corrected chi connectivity index (χ0v) is 47.2. The Morgan fingerprint density at radius 2 is 0.720 bits per heavy atom. The number of unbranched alkanes of at least 4 members (excludes halogenated alkanes) is 9. The third-order valence-corrected chi connectivity index (χ3v) is 16.4. The van der Waals surface area contributed by atoms with Crippen molar-refractivity contribution in [2.24, 2.45) is 0 Å². The molecule has 31 atom stereocenters. The smallest absolute Gasteiger partial charge is 0.303 e. The lowest BCUT2D eigenvalue weighted by atomic mass is 9.95. The molecule has 0 spiro atoms. The van der Waals surface area contributed by atoms with Crippen LogP contribution in [0.1, 0.15) is 125 Å². The Kier molecular flexibility index (Phi) is 27.6. The average molecular weight is 1200 g/mol. The lowest BCUT2D eigenvalue weighted by Gasteiger charge is -2.51. The first-order valence-corrected chi connectivity index (χ1v) is 29.1. The topological polar surface area (TPSA) is 452 Å². The largest absolute Gasteiger partial charge is 0.481 e. The number of ether oxygens (including phenoxy) is 12. The Bertz CT molecular complexity index is 1850. The standard InChI is InChI=1S/C53H94O29/c1-6-7-8-14-17-26(18-15-12-10-9-11-13-16-19-29(56)57)75-51-45(37(65)32(60)24(4)73-51)82-53-47(39(67)34(62)28(21-55)77-53)81-50-42(70)44(43(25(5)74-50)78-48-40(68)35(63)30(58)22(2)71-48)79-52-46(38(66)33(61)27(20-54)76-52)80-49-41(69)36(64)31(59)23(3)72-49/h22-28,30-55,58-70H,6-21H2,1-5H3,(H,56,57). The van der Waals surface area contributed by atoms with Gasteiger partial charge in [0.1, 0.15) is 122 Å². The van der Waals surface area contributed by atoms with Gasteiger partial charge in [-0.25, -0.2) is 0 Å². The third-order valence-electron chi connectivity index (χ3n) is 16.4. The molecule has 82 heavy (non-hydrogen) atoms. The van der Waals surface area contributed by atoms with Crippen LogP contribution < -0.4 is 0 Å². The highest BCUT2D eigenvalue weighted by atomic mass is 16.8. The number of carbonyl (C=O) groups is 1. The molecular formula is C53H94O29. The molecule has 16 N–H and O–H groups in total. The summed E-state index contributed by atoms with van der Waals surface area (Å²) in [5.41, 5.74) is 0. The van der Waals surface area contributed by atoms with E-state index < -0.39 is 210 Å². The van der Waals surface area contributed by atoms with E-state index in [1.165, 1.54) is 27.7 Å². The third kappa shape index (κ3) is 17.4. The fraction of sp³-hybridized carbons (Fsp3) is 0.981. The maximum absolute atomic E-state index is 12.5. The molecule has 0 amide bonds. The number of aliphatic hydroxyl groups excluding tert-OH is 15. The van der Waals surface area contributed by atoms with Gasteiger partial charge in [0.25, 0.3) is 0 Å². The van der Waals surface area contributed by atoms with E-state index in [1.54, 1.807) is 0 Å². The van der Waals surface area contributed by atoms with Crippen molar-refractivity contribution in [2.45, 2.75) is 315 Å². The maximum Gasteiger partial charge on any atom is 0.303 e. The maximum atomic E-state index is 12.5. The quantitative estimate of drug-likeness (QED) is 0.0317. The summed E-state index contributed by atoms with van der Waals surface area (Å²) in [6.07, 6.45) is -41.8. The van der Waals surface area contributed by atoms with Crippen molar-refractivity contribution in [3.63, 3.8) is 0 Å². The van der Waals surface area contributed by atoms with E-state index in [2.05, 4.69) is 6.92 Å². The Balaban J connectivity index is 1.28. The molecule has 29 nitrogen and oxygen atoms in total. The highest BCUT2D eigenvalue weighted by molar-refractivity contribution is 5.66. The highest BCUT2D eigenvalue weighted by Crippen LogP contribution is 2.39. The summed E-state index contributed by atoms with van der Waals surface area (Å²) in [6.45, 7) is 5.86. The fourth-order valence-corrected chi connectivity index (χ4v) is 11.1. The van der Waals surface area contributed by atoms with Crippen LogP contribution in [0, 0.1) is 0 Å². The van der Waals surface area contributed by atoms with Gasteiger partial charge in [0.2, 0.25) is 0 Å². The number of hydrogen-bond donors (Lipinski definition) is 16. The number of carboxylic acids is 1. The van der Waals surface area contributed by atoms with E-state index >= 15 is 0 Å². The molecule has 6 fully saturated rings. The molecule has 0 aromatic heterocycles. The van der Waals surface area contributed by atoms with Crippen LogP contribution in [0.15, 0.2) is 0 Å². The first-order chi connectivity index (χ1) is 38.9. The SMILES string of the molecule is CCCCCCC(CCCCCCCCCC(=O)O)OC1OC(C)C(O)C(O)C1OC1OC(CO)C(O)C(O)C1OC1OC(C)C(OC2OC(C)C(O)C(O)C2O)C(OC2OC(CO)C(O)C(O)C2OC2OC(C)C(O)C(O)C2O)C1O. The Morgan fingerprint density at radius 1 is 0.366 bits per heavy atom. The molecule has 0 radical (unpaired) electrons. The second-order valence-corrected chi connectivity index (χ2v) is 22.7. The molecule has 0 aromatic rings. The van der Waals surface area contributed by atoms with E-state index in [9.17, 15) is 81.4 Å². The molecule has 6 heterocycles. The molecular weight excluding hydrogens is 1100 g/mol. The van der Waals surface area contributed by atoms with Crippen molar-refractivity contribution in [2.75, 3.05) is 13.2 Å². The molecule has 6 aliphatic rings. The van der Waals surface area contributed by atoms with Crippen molar-refractivity contribution in [1.82, 2.24) is 0 Å². The molecule has 0 saturated carbocycles. The lowest BCUT2D eigenvalue weighted by molar-refractivity contribution is -0.414. The first-order valence-electron chi connectivity index (χ1n) is 29.1. The molecule has 6 rings (SSSR count). The van der Waals surface area contributed by atoms with Crippen LogP contribution in [0.5, 0.6) is 0 Å². The Hall–Kier alpha value is -1.61. The van der Waals surface area contributed by atoms with Crippen LogP contribution in [0.2, 0.25) is 0 Å². The van der Waals surface area contributed by atoms with Crippen molar-refractivity contribution in [1.29, 1.82) is 0 Å². The minimum absolute atomic E-state index is 0.129. The second-order valence-electron chi connectivity index (χ2n) is 22.7. The normalized spacial score (nSPS) is 46.1. The van der Waals surface area contributed by atoms with Crippen molar-refractivity contribution >= 4 is 5.97 Å². The zero-order chi connectivity index (χ0) is 60.3. The van der Waals surface area contributed by atoms with Crippen molar-refractivity contribution < 1.29 is 143 Å². The number of aliphatic hydroxyl groups is 15. The van der Waals surface area contributed by atoms with E-state index in [4.69, 9.17) is 61.9 Å². The summed E-state index contributed by atoms with van der Waals surface area (Å²) in [7, 11) is 0. The predicted octanol–water partition coefficient (Wildman–Crippen LogP) is -4.03. The molecule has 29 heteroatoms. The van der Waals surface area contributed by atoms with Crippen LogP contribution in [0.25, 0.3) is 0 Å². The summed E-state index contributed by atoms with van der Waals surface area (Å²) in [6, 6.07) is 0. The van der Waals surface area contributed by atoms with Gasteiger partial charge in [0.15, 0.2) is 37.7 Å². The minimum atomic E-state index is -2.20. The Labute approximate surface area is 476 Å². The van der Waals surface area contributed by atoms with Gasteiger partial charge in [0.05, 0.1) is 43.7 Å². The summed E-state index contributed by atoms with van der Waals surface area (Å²) >= 11 is 0. The lowest BCUT2D eigenvalue weighted by Crippen LogP contribution is -2.69. The zero-order valence-electron chi connectivity index (χ0n) is 47.2.